The Kier molecular flexibility index (Phi) is 3.23. The zero-order valence-corrected chi connectivity index (χ0v) is 10.6. The van der Waals surface area contributed by atoms with E-state index < -0.39 is 0 Å². The van der Waals surface area contributed by atoms with Gasteiger partial charge in [0.25, 0.3) is 0 Å². The molecule has 1 heterocycles. The van der Waals surface area contributed by atoms with Crippen molar-refractivity contribution < 1.29 is 4.39 Å². The molecule has 88 valence electrons. The molecule has 1 aromatic heterocycles. The van der Waals surface area contributed by atoms with Gasteiger partial charge in [0, 0.05) is 11.9 Å². The molecular formula is C11H10BrFN4. The van der Waals surface area contributed by atoms with Gasteiger partial charge in [0.05, 0.1) is 4.47 Å². The third-order valence-corrected chi connectivity index (χ3v) is 2.80. The van der Waals surface area contributed by atoms with Gasteiger partial charge in [-0.1, -0.05) is 0 Å². The highest BCUT2D eigenvalue weighted by molar-refractivity contribution is 9.10. The molecule has 2 aromatic rings. The van der Waals surface area contributed by atoms with Gasteiger partial charge in [-0.2, -0.15) is 4.98 Å². The minimum atomic E-state index is -0.304. The Labute approximate surface area is 106 Å². The molecular weight excluding hydrogens is 287 g/mol. The molecule has 17 heavy (non-hydrogen) atoms. The standard InChI is InChI=1S/C11H10BrFN4/c1-6-4-8(13)7(12)5-9(6)16-11-15-3-2-10(14)17-11/h2-5H,1H3,(H3,14,15,16,17). The van der Waals surface area contributed by atoms with Crippen LogP contribution in [0, 0.1) is 12.7 Å². The third-order valence-electron chi connectivity index (χ3n) is 2.19. The van der Waals surface area contributed by atoms with Crippen LogP contribution in [0.3, 0.4) is 0 Å². The van der Waals surface area contributed by atoms with Crippen LogP contribution >= 0.6 is 15.9 Å². The van der Waals surface area contributed by atoms with Crippen LogP contribution in [0.15, 0.2) is 28.9 Å². The van der Waals surface area contributed by atoms with E-state index in [0.29, 0.717) is 16.2 Å². The van der Waals surface area contributed by atoms with E-state index >= 15 is 0 Å². The van der Waals surface area contributed by atoms with Crippen molar-refractivity contribution in [3.05, 3.63) is 40.2 Å². The number of aryl methyl sites for hydroxylation is 1. The Morgan fingerprint density at radius 2 is 2.18 bits per heavy atom. The fourth-order valence-electron chi connectivity index (χ4n) is 1.33. The SMILES string of the molecule is Cc1cc(F)c(Br)cc1Nc1nccc(N)n1. The highest BCUT2D eigenvalue weighted by atomic mass is 79.9. The number of rotatable bonds is 2. The normalized spacial score (nSPS) is 10.3. The number of nitrogens with two attached hydrogens (primary N) is 1. The maximum absolute atomic E-state index is 13.2. The van der Waals surface area contributed by atoms with E-state index in [9.17, 15) is 4.39 Å². The van der Waals surface area contributed by atoms with Crippen LogP contribution in [0.1, 0.15) is 5.56 Å². The second kappa shape index (κ2) is 4.67. The lowest BCUT2D eigenvalue weighted by Gasteiger charge is -2.09. The number of halogens is 2. The summed E-state index contributed by atoms with van der Waals surface area (Å²) in [5, 5.41) is 2.98. The van der Waals surface area contributed by atoms with E-state index in [0.717, 1.165) is 11.3 Å². The van der Waals surface area contributed by atoms with Crippen molar-refractivity contribution in [3.8, 4) is 0 Å². The maximum atomic E-state index is 13.2. The Balaban J connectivity index is 2.33. The van der Waals surface area contributed by atoms with Gasteiger partial charge in [-0.05, 0) is 46.6 Å². The number of benzene rings is 1. The maximum Gasteiger partial charge on any atom is 0.229 e. The van der Waals surface area contributed by atoms with Gasteiger partial charge in [0.2, 0.25) is 5.95 Å². The third kappa shape index (κ3) is 2.71. The van der Waals surface area contributed by atoms with E-state index in [4.69, 9.17) is 5.73 Å². The van der Waals surface area contributed by atoms with Crippen molar-refractivity contribution >= 4 is 33.4 Å². The van der Waals surface area contributed by atoms with Gasteiger partial charge in [0.1, 0.15) is 11.6 Å². The van der Waals surface area contributed by atoms with Crippen molar-refractivity contribution in [3.63, 3.8) is 0 Å². The zero-order chi connectivity index (χ0) is 12.4. The summed E-state index contributed by atoms with van der Waals surface area (Å²) in [6.07, 6.45) is 1.55. The van der Waals surface area contributed by atoms with Gasteiger partial charge in [-0.15, -0.1) is 0 Å². The lowest BCUT2D eigenvalue weighted by molar-refractivity contribution is 0.620. The topological polar surface area (TPSA) is 63.8 Å². The van der Waals surface area contributed by atoms with Crippen LogP contribution in [-0.2, 0) is 0 Å². The molecule has 0 radical (unpaired) electrons. The molecule has 4 nitrogen and oxygen atoms in total. The number of hydrogen-bond donors (Lipinski definition) is 2. The molecule has 0 bridgehead atoms. The van der Waals surface area contributed by atoms with Crippen molar-refractivity contribution in [2.24, 2.45) is 0 Å². The number of nitrogens with zero attached hydrogens (tertiary/aromatic N) is 2. The number of hydrogen-bond acceptors (Lipinski definition) is 4. The van der Waals surface area contributed by atoms with Gasteiger partial charge in [-0.25, -0.2) is 9.37 Å². The highest BCUT2D eigenvalue weighted by Gasteiger charge is 2.06. The first kappa shape index (κ1) is 11.8. The number of anilines is 3. The summed E-state index contributed by atoms with van der Waals surface area (Å²) < 4.78 is 13.6. The first-order chi connectivity index (χ1) is 8.06. The average molecular weight is 297 g/mol. The molecule has 6 heteroatoms. The van der Waals surface area contributed by atoms with Crippen LogP contribution < -0.4 is 11.1 Å². The smallest absolute Gasteiger partial charge is 0.229 e. The summed E-state index contributed by atoms with van der Waals surface area (Å²) in [5.74, 6) is 0.453. The van der Waals surface area contributed by atoms with E-state index in [-0.39, 0.29) is 5.82 Å². The van der Waals surface area contributed by atoms with Crippen molar-refractivity contribution in [2.75, 3.05) is 11.1 Å². The second-order valence-electron chi connectivity index (χ2n) is 3.51. The summed E-state index contributed by atoms with van der Waals surface area (Å²) in [4.78, 5) is 8.02. The fraction of sp³-hybridized carbons (Fsp3) is 0.0909. The van der Waals surface area contributed by atoms with Crippen LogP contribution in [0.4, 0.5) is 21.8 Å². The van der Waals surface area contributed by atoms with E-state index in [1.807, 2.05) is 0 Å². The molecule has 3 N–H and O–H groups in total. The molecule has 0 unspecified atom stereocenters. The molecule has 2 rings (SSSR count). The first-order valence-electron chi connectivity index (χ1n) is 4.87. The van der Waals surface area contributed by atoms with Gasteiger partial charge >= 0.3 is 0 Å². The zero-order valence-electron chi connectivity index (χ0n) is 9.04. The molecule has 0 aliphatic heterocycles. The summed E-state index contributed by atoms with van der Waals surface area (Å²) in [7, 11) is 0. The molecule has 0 fully saturated rings. The summed E-state index contributed by atoms with van der Waals surface area (Å²) in [6, 6.07) is 4.66. The van der Waals surface area contributed by atoms with Crippen LogP contribution in [-0.4, -0.2) is 9.97 Å². The molecule has 0 amide bonds. The van der Waals surface area contributed by atoms with Crippen molar-refractivity contribution in [1.29, 1.82) is 0 Å². The minimum Gasteiger partial charge on any atom is -0.384 e. The average Bonchev–Trinajstić information content (AvgIpc) is 2.26. The van der Waals surface area contributed by atoms with E-state index in [1.54, 1.807) is 25.3 Å². The summed E-state index contributed by atoms with van der Waals surface area (Å²) in [6.45, 7) is 1.80. The molecule has 0 aliphatic carbocycles. The minimum absolute atomic E-state index is 0.304. The predicted octanol–water partition coefficient (Wildman–Crippen LogP) is 3.01. The molecule has 1 aromatic carbocycles. The summed E-state index contributed by atoms with van der Waals surface area (Å²) >= 11 is 3.13. The van der Waals surface area contributed by atoms with Crippen molar-refractivity contribution in [1.82, 2.24) is 9.97 Å². The Morgan fingerprint density at radius 3 is 2.88 bits per heavy atom. The lowest BCUT2D eigenvalue weighted by atomic mass is 10.2. The van der Waals surface area contributed by atoms with Crippen molar-refractivity contribution in [2.45, 2.75) is 6.92 Å². The molecule has 0 aliphatic rings. The lowest BCUT2D eigenvalue weighted by Crippen LogP contribution is -2.01. The first-order valence-corrected chi connectivity index (χ1v) is 5.67. The van der Waals surface area contributed by atoms with Crippen LogP contribution in [0.5, 0.6) is 0 Å². The molecule has 0 saturated carbocycles. The van der Waals surface area contributed by atoms with Crippen LogP contribution in [0.2, 0.25) is 0 Å². The predicted molar refractivity (Wildman–Crippen MR) is 68.6 cm³/mol. The van der Waals surface area contributed by atoms with Gasteiger partial charge < -0.3 is 11.1 Å². The number of aromatic nitrogens is 2. The van der Waals surface area contributed by atoms with Gasteiger partial charge in [0.15, 0.2) is 0 Å². The number of nitrogens with one attached hydrogen (secondary N) is 1. The molecule has 0 saturated heterocycles. The van der Waals surface area contributed by atoms with Crippen LogP contribution in [0.25, 0.3) is 0 Å². The number of nitrogen functional groups attached to an aromatic ring is 1. The largest absolute Gasteiger partial charge is 0.384 e. The highest BCUT2D eigenvalue weighted by Crippen LogP contribution is 2.25. The Bertz CT molecular complexity index is 559. The van der Waals surface area contributed by atoms with Gasteiger partial charge in [-0.3, -0.25) is 0 Å². The monoisotopic (exact) mass is 296 g/mol. The fourth-order valence-corrected chi connectivity index (χ4v) is 1.68. The Morgan fingerprint density at radius 1 is 1.41 bits per heavy atom. The summed E-state index contributed by atoms with van der Waals surface area (Å²) in [5.41, 5.74) is 7.03. The van der Waals surface area contributed by atoms with E-state index in [1.165, 1.54) is 6.07 Å². The molecule has 0 atom stereocenters. The Hall–Kier alpha value is -1.69. The molecule has 0 spiro atoms. The second-order valence-corrected chi connectivity index (χ2v) is 4.37. The van der Waals surface area contributed by atoms with E-state index in [2.05, 4.69) is 31.2 Å². The quantitative estimate of drug-likeness (QED) is 0.894.